The molecule has 2 aromatic rings. The molecule has 6 aliphatic rings. The molecule has 1 aromatic heterocycles. The van der Waals surface area contributed by atoms with Crippen molar-refractivity contribution in [1.29, 1.82) is 0 Å². The van der Waals surface area contributed by atoms with Crippen molar-refractivity contribution >= 4 is 28.2 Å². The van der Waals surface area contributed by atoms with E-state index in [-0.39, 0.29) is 35.1 Å². The molecular weight excluding hydrogens is 663 g/mol. The molecule has 0 amide bonds. The Bertz CT molecular complexity index is 2110. The van der Waals surface area contributed by atoms with E-state index in [1.807, 2.05) is 19.9 Å². The average molecular weight is 720 g/mol. The van der Waals surface area contributed by atoms with Gasteiger partial charge in [0.1, 0.15) is 12.6 Å². The summed E-state index contributed by atoms with van der Waals surface area (Å²) in [5.74, 6) is -0.131. The van der Waals surface area contributed by atoms with Gasteiger partial charge in [-0.2, -0.15) is 0 Å². The summed E-state index contributed by atoms with van der Waals surface area (Å²) in [6.45, 7) is 27.4. The van der Waals surface area contributed by atoms with Crippen molar-refractivity contribution in [3.05, 3.63) is 88.7 Å². The van der Waals surface area contributed by atoms with E-state index in [0.29, 0.717) is 17.9 Å². The highest BCUT2D eigenvalue weighted by molar-refractivity contribution is 6.18. The first kappa shape index (κ1) is 36.5. The van der Waals surface area contributed by atoms with Gasteiger partial charge in [0, 0.05) is 39.5 Å². The quantitative estimate of drug-likeness (QED) is 0.134. The lowest BCUT2D eigenvalue weighted by Crippen LogP contribution is -2.62. The van der Waals surface area contributed by atoms with E-state index in [9.17, 15) is 19.8 Å². The number of carbonyl (C=O) groups excluding carboxylic acids is 2. The summed E-state index contributed by atoms with van der Waals surface area (Å²) in [5, 5.41) is 25.1. The van der Waals surface area contributed by atoms with Crippen LogP contribution >= 0.6 is 0 Å². The average Bonchev–Trinajstić information content (AvgIpc) is 3.73. The second-order valence-electron chi connectivity index (χ2n) is 19.0. The minimum atomic E-state index is -0.860. The highest BCUT2D eigenvalue weighted by Gasteiger charge is 2.67. The molecule has 0 spiro atoms. The lowest BCUT2D eigenvalue weighted by Gasteiger charge is -2.64. The van der Waals surface area contributed by atoms with Crippen molar-refractivity contribution in [1.82, 2.24) is 4.57 Å². The molecule has 3 unspecified atom stereocenters. The SMILES string of the molecule is C=CCOC(=O)/C=C(C)/C=C/[C@]1(C)[C@@H](O)CC[C@@]2(C)[C@H]1CCC1Cc3c(n4c5c(c6c(cc35)C3=CC(C)(C)OC(C)(C)C3[C@@H]6O)C(=O)C4C(=C)C)[C@@]12C. The third-order valence-corrected chi connectivity index (χ3v) is 15.0. The number of Topliss-reactive ketones (excluding diaryl/α,β-unsaturated/α-hetero) is 1. The smallest absolute Gasteiger partial charge is 0.331 e. The van der Waals surface area contributed by atoms with Crippen molar-refractivity contribution in [2.24, 2.45) is 28.6 Å². The van der Waals surface area contributed by atoms with E-state index in [4.69, 9.17) is 9.47 Å². The van der Waals surface area contributed by atoms with Gasteiger partial charge >= 0.3 is 5.97 Å². The van der Waals surface area contributed by atoms with Gasteiger partial charge < -0.3 is 24.3 Å². The molecule has 3 heterocycles. The standard InChI is InChI=1S/C46H57NO6/c1-12-19-52-33(49)20-25(4)15-17-44(9)31-14-13-26-21-29-28-22-27-30-23-42(5,6)53-43(7,8)36(30)39(50)34(27)35-38(28)47(37(24(2)3)40(35)51)41(29)46(26,11)45(31,10)18-16-32(44)48/h12,15,17,20,22-23,26,31-32,36-37,39,48,50H,1-2,13-14,16,18-19,21H2,3-11H3/b17-15+,25-20+/t26?,31-,32-,36?,37?,39+,44-,45-,46+/m0/s1. The van der Waals surface area contributed by atoms with Crippen LogP contribution in [0, 0.1) is 28.6 Å². The normalized spacial score (nSPS) is 37.5. The fourth-order valence-electron chi connectivity index (χ4n) is 12.8. The minimum absolute atomic E-state index is 0.0266. The van der Waals surface area contributed by atoms with Gasteiger partial charge in [-0.1, -0.05) is 57.7 Å². The number of esters is 1. The Labute approximate surface area is 314 Å². The zero-order valence-corrected chi connectivity index (χ0v) is 33.1. The minimum Gasteiger partial charge on any atom is -0.458 e. The molecule has 8 rings (SSSR count). The summed E-state index contributed by atoms with van der Waals surface area (Å²) >= 11 is 0. The number of hydrogen-bond donors (Lipinski definition) is 2. The van der Waals surface area contributed by atoms with Gasteiger partial charge in [0.25, 0.3) is 0 Å². The van der Waals surface area contributed by atoms with E-state index in [1.54, 1.807) is 6.08 Å². The predicted molar refractivity (Wildman–Crippen MR) is 209 cm³/mol. The Morgan fingerprint density at radius 1 is 1.09 bits per heavy atom. The number of fused-ring (bicyclic) bond motifs is 11. The number of aliphatic hydroxyl groups is 2. The number of carbonyl (C=O) groups is 2. The van der Waals surface area contributed by atoms with Crippen molar-refractivity contribution in [2.45, 2.75) is 129 Å². The molecule has 0 bridgehead atoms. The number of benzene rings is 1. The highest BCUT2D eigenvalue weighted by atomic mass is 16.5. The number of rotatable bonds is 6. The van der Waals surface area contributed by atoms with Crippen LogP contribution in [-0.4, -0.2) is 50.4 Å². The first-order valence-corrected chi connectivity index (χ1v) is 19.6. The Morgan fingerprint density at radius 2 is 1.81 bits per heavy atom. The molecule has 7 heteroatoms. The molecule has 2 aliphatic heterocycles. The summed E-state index contributed by atoms with van der Waals surface area (Å²) in [4.78, 5) is 27.2. The molecule has 0 saturated heterocycles. The van der Waals surface area contributed by atoms with Crippen LogP contribution in [0.25, 0.3) is 16.5 Å². The van der Waals surface area contributed by atoms with Crippen LogP contribution in [0.5, 0.6) is 0 Å². The monoisotopic (exact) mass is 719 g/mol. The maximum Gasteiger partial charge on any atom is 0.331 e. The second kappa shape index (κ2) is 11.5. The van der Waals surface area contributed by atoms with Crippen molar-refractivity contribution in [3.63, 3.8) is 0 Å². The third kappa shape index (κ3) is 4.69. The number of aliphatic hydroxyl groups excluding tert-OH is 2. The fourth-order valence-corrected chi connectivity index (χ4v) is 12.8. The Morgan fingerprint density at radius 3 is 2.49 bits per heavy atom. The molecule has 0 radical (unpaired) electrons. The number of ether oxygens (including phenoxy) is 2. The van der Waals surface area contributed by atoms with Gasteiger partial charge in [-0.15, -0.1) is 0 Å². The van der Waals surface area contributed by atoms with Crippen LogP contribution in [0.3, 0.4) is 0 Å². The Hall–Kier alpha value is -3.52. The van der Waals surface area contributed by atoms with Crippen molar-refractivity contribution in [3.8, 4) is 0 Å². The number of nitrogens with zero attached hydrogens (tertiary/aromatic N) is 1. The zero-order chi connectivity index (χ0) is 38.4. The van der Waals surface area contributed by atoms with Gasteiger partial charge in [0.2, 0.25) is 0 Å². The van der Waals surface area contributed by atoms with E-state index in [1.165, 1.54) is 17.3 Å². The van der Waals surface area contributed by atoms with Crippen LogP contribution in [0.15, 0.2) is 60.8 Å². The maximum atomic E-state index is 14.9. The predicted octanol–water partition coefficient (Wildman–Crippen LogP) is 8.83. The third-order valence-electron chi connectivity index (χ3n) is 15.0. The van der Waals surface area contributed by atoms with E-state index >= 15 is 0 Å². The zero-order valence-electron chi connectivity index (χ0n) is 33.1. The highest BCUT2D eigenvalue weighted by Crippen LogP contribution is 2.71. The number of allylic oxidation sites excluding steroid dienone is 3. The fraction of sp³-hybridized carbons (Fsp3) is 0.565. The van der Waals surface area contributed by atoms with Gasteiger partial charge in [-0.05, 0) is 125 Å². The number of aromatic nitrogens is 1. The molecule has 282 valence electrons. The maximum absolute atomic E-state index is 14.9. The first-order chi connectivity index (χ1) is 24.7. The summed E-state index contributed by atoms with van der Waals surface area (Å²) in [6, 6.07) is 1.76. The van der Waals surface area contributed by atoms with Crippen LogP contribution in [0.4, 0.5) is 0 Å². The van der Waals surface area contributed by atoms with Gasteiger partial charge in [0.15, 0.2) is 5.78 Å². The number of ketones is 1. The topological polar surface area (TPSA) is 98.0 Å². The first-order valence-electron chi connectivity index (χ1n) is 19.6. The van der Waals surface area contributed by atoms with Crippen LogP contribution < -0.4 is 0 Å². The molecule has 7 nitrogen and oxygen atoms in total. The van der Waals surface area contributed by atoms with E-state index < -0.39 is 40.8 Å². The summed E-state index contributed by atoms with van der Waals surface area (Å²) < 4.78 is 14.1. The molecule has 2 saturated carbocycles. The Balaban J connectivity index is 1.31. The van der Waals surface area contributed by atoms with Crippen LogP contribution in [0.1, 0.15) is 133 Å². The molecule has 2 fully saturated rings. The van der Waals surface area contributed by atoms with Crippen molar-refractivity contribution < 1.29 is 29.3 Å². The molecule has 1 aromatic carbocycles. The van der Waals surface area contributed by atoms with Gasteiger partial charge in [-0.25, -0.2) is 4.79 Å². The van der Waals surface area contributed by atoms with Gasteiger partial charge in [-0.3, -0.25) is 4.79 Å². The van der Waals surface area contributed by atoms with Gasteiger partial charge in [0.05, 0.1) is 34.5 Å². The van der Waals surface area contributed by atoms with Crippen molar-refractivity contribution in [2.75, 3.05) is 6.61 Å². The van der Waals surface area contributed by atoms with Crippen LogP contribution in [0.2, 0.25) is 0 Å². The van der Waals surface area contributed by atoms with E-state index in [0.717, 1.165) is 64.4 Å². The summed E-state index contributed by atoms with van der Waals surface area (Å²) in [7, 11) is 0. The largest absolute Gasteiger partial charge is 0.458 e. The molecule has 53 heavy (non-hydrogen) atoms. The second-order valence-corrected chi connectivity index (χ2v) is 19.0. The van der Waals surface area contributed by atoms with E-state index in [2.05, 4.69) is 84.4 Å². The molecule has 4 aliphatic carbocycles. The molecule has 2 N–H and O–H groups in total. The lowest BCUT2D eigenvalue weighted by molar-refractivity contribution is -0.144. The Kier molecular flexibility index (Phi) is 7.91. The summed E-state index contributed by atoms with van der Waals surface area (Å²) in [5.41, 5.74) is 6.42. The molecular formula is C46H57NO6. The molecule has 9 atom stereocenters. The van der Waals surface area contributed by atoms with Crippen LogP contribution in [-0.2, 0) is 26.1 Å². The summed E-state index contributed by atoms with van der Waals surface area (Å²) in [6.07, 6.45) is 12.4. The number of hydrogen-bond acceptors (Lipinski definition) is 6. The lowest BCUT2D eigenvalue weighted by atomic mass is 9.40.